The third-order valence-electron chi connectivity index (χ3n) is 4.84. The number of fused-ring (bicyclic) bond motifs is 1. The molecule has 2 aromatic carbocycles. The van der Waals surface area contributed by atoms with Gasteiger partial charge in [-0.25, -0.2) is 0 Å². The topological polar surface area (TPSA) is 40.7 Å². The van der Waals surface area contributed by atoms with Gasteiger partial charge in [0, 0.05) is 40.4 Å². The molecule has 0 atom stereocenters. The van der Waals surface area contributed by atoms with Crippen molar-refractivity contribution in [3.8, 4) is 0 Å². The van der Waals surface area contributed by atoms with E-state index in [-0.39, 0.29) is 0 Å². The van der Waals surface area contributed by atoms with Gasteiger partial charge in [-0.05, 0) is 67.6 Å². The summed E-state index contributed by atoms with van der Waals surface area (Å²) < 4.78 is 0. The molecule has 0 aliphatic rings. The largest absolute Gasteiger partial charge is 0.358 e. The van der Waals surface area contributed by atoms with Crippen LogP contribution in [0.15, 0.2) is 73.1 Å². The summed E-state index contributed by atoms with van der Waals surface area (Å²) in [6.07, 6.45) is 6.94. The molecule has 3 nitrogen and oxygen atoms in total. The first kappa shape index (κ1) is 16.4. The zero-order valence-electron chi connectivity index (χ0n) is 15.0. The van der Waals surface area contributed by atoms with Crippen LogP contribution in [0.2, 0.25) is 0 Å². The summed E-state index contributed by atoms with van der Waals surface area (Å²) in [7, 11) is 0. The molecule has 4 aromatic rings. The molecular weight excluding hydrogens is 318 g/mol. The van der Waals surface area contributed by atoms with Gasteiger partial charge in [0.15, 0.2) is 0 Å². The summed E-state index contributed by atoms with van der Waals surface area (Å²) in [5.74, 6) is 0. The van der Waals surface area contributed by atoms with Crippen LogP contribution < -0.4 is 5.32 Å². The summed E-state index contributed by atoms with van der Waals surface area (Å²) in [5, 5.41) is 4.76. The van der Waals surface area contributed by atoms with Gasteiger partial charge >= 0.3 is 0 Å². The molecule has 0 saturated carbocycles. The Hall–Kier alpha value is -3.07. The predicted octanol–water partition coefficient (Wildman–Crippen LogP) is 5.79. The first-order chi connectivity index (χ1) is 12.8. The molecule has 2 aromatic heterocycles. The van der Waals surface area contributed by atoms with Gasteiger partial charge < -0.3 is 10.3 Å². The van der Waals surface area contributed by atoms with Crippen LogP contribution in [-0.2, 0) is 12.8 Å². The van der Waals surface area contributed by atoms with Crippen LogP contribution in [-0.4, -0.2) is 9.97 Å². The minimum atomic E-state index is 1.06. The Morgan fingerprint density at radius 2 is 1.58 bits per heavy atom. The molecular formula is C23H23N3. The average Bonchev–Trinajstić information content (AvgIpc) is 2.99. The molecule has 0 amide bonds. The SMILES string of the molecule is Cc1[nH]c2ccccc2c1CCCc1ccc(Nc2ccncc2)cc1. The normalized spacial score (nSPS) is 11.0. The van der Waals surface area contributed by atoms with Crippen molar-refractivity contribution in [2.45, 2.75) is 26.2 Å². The summed E-state index contributed by atoms with van der Waals surface area (Å²) in [4.78, 5) is 7.53. The molecule has 130 valence electrons. The van der Waals surface area contributed by atoms with Gasteiger partial charge in [0.05, 0.1) is 0 Å². The molecule has 2 N–H and O–H groups in total. The lowest BCUT2D eigenvalue weighted by Crippen LogP contribution is -1.93. The van der Waals surface area contributed by atoms with Crippen molar-refractivity contribution < 1.29 is 0 Å². The van der Waals surface area contributed by atoms with E-state index >= 15 is 0 Å². The molecule has 0 bridgehead atoms. The second kappa shape index (κ2) is 7.44. The van der Waals surface area contributed by atoms with Crippen molar-refractivity contribution in [3.05, 3.63) is 89.9 Å². The molecule has 3 heteroatoms. The van der Waals surface area contributed by atoms with Gasteiger partial charge in [-0.3, -0.25) is 4.98 Å². The van der Waals surface area contributed by atoms with Gasteiger partial charge in [0.25, 0.3) is 0 Å². The Kier molecular flexibility index (Phi) is 4.69. The number of pyridine rings is 1. The number of hydrogen-bond acceptors (Lipinski definition) is 2. The van der Waals surface area contributed by atoms with Crippen molar-refractivity contribution in [3.63, 3.8) is 0 Å². The molecule has 0 saturated heterocycles. The van der Waals surface area contributed by atoms with Crippen LogP contribution in [0.3, 0.4) is 0 Å². The Balaban J connectivity index is 1.37. The summed E-state index contributed by atoms with van der Waals surface area (Å²) in [6.45, 7) is 2.18. The van der Waals surface area contributed by atoms with E-state index in [1.807, 2.05) is 12.1 Å². The maximum absolute atomic E-state index is 4.04. The maximum atomic E-state index is 4.04. The van der Waals surface area contributed by atoms with Crippen LogP contribution in [0.1, 0.15) is 23.2 Å². The zero-order chi connectivity index (χ0) is 17.8. The molecule has 2 heterocycles. The smallest absolute Gasteiger partial charge is 0.0458 e. The summed E-state index contributed by atoms with van der Waals surface area (Å²) >= 11 is 0. The number of rotatable bonds is 6. The van der Waals surface area contributed by atoms with E-state index in [2.05, 4.69) is 70.7 Å². The fourth-order valence-electron chi connectivity index (χ4n) is 3.48. The van der Waals surface area contributed by atoms with Crippen molar-refractivity contribution in [1.29, 1.82) is 0 Å². The molecule has 0 fully saturated rings. The van der Waals surface area contributed by atoms with Crippen molar-refractivity contribution in [1.82, 2.24) is 9.97 Å². The van der Waals surface area contributed by atoms with E-state index in [1.54, 1.807) is 12.4 Å². The van der Waals surface area contributed by atoms with Gasteiger partial charge in [0.2, 0.25) is 0 Å². The van der Waals surface area contributed by atoms with Crippen LogP contribution in [0.25, 0.3) is 10.9 Å². The molecule has 4 rings (SSSR count). The minimum Gasteiger partial charge on any atom is -0.358 e. The van der Waals surface area contributed by atoms with Crippen LogP contribution in [0.5, 0.6) is 0 Å². The Morgan fingerprint density at radius 3 is 2.38 bits per heavy atom. The Labute approximate surface area is 154 Å². The van der Waals surface area contributed by atoms with E-state index in [9.17, 15) is 0 Å². The number of hydrogen-bond donors (Lipinski definition) is 2. The number of aromatic amines is 1. The lowest BCUT2D eigenvalue weighted by molar-refractivity contribution is 0.820. The molecule has 0 unspecified atom stereocenters. The number of aromatic nitrogens is 2. The molecule has 0 aliphatic heterocycles. The highest BCUT2D eigenvalue weighted by Crippen LogP contribution is 2.24. The fraction of sp³-hybridized carbons (Fsp3) is 0.174. The highest BCUT2D eigenvalue weighted by atomic mass is 14.9. The Bertz CT molecular complexity index is 985. The van der Waals surface area contributed by atoms with Gasteiger partial charge in [-0.2, -0.15) is 0 Å². The quantitative estimate of drug-likeness (QED) is 0.466. The fourth-order valence-corrected chi connectivity index (χ4v) is 3.48. The molecule has 0 spiro atoms. The molecule has 26 heavy (non-hydrogen) atoms. The van der Waals surface area contributed by atoms with E-state index in [1.165, 1.54) is 27.7 Å². The van der Waals surface area contributed by atoms with E-state index in [4.69, 9.17) is 0 Å². The van der Waals surface area contributed by atoms with Crippen molar-refractivity contribution in [2.75, 3.05) is 5.32 Å². The lowest BCUT2D eigenvalue weighted by Gasteiger charge is -2.07. The number of aryl methyl sites for hydroxylation is 3. The third-order valence-corrected chi connectivity index (χ3v) is 4.84. The lowest BCUT2D eigenvalue weighted by atomic mass is 10.0. The summed E-state index contributed by atoms with van der Waals surface area (Å²) in [6, 6.07) is 21.2. The number of benzene rings is 2. The number of nitrogens with one attached hydrogen (secondary N) is 2. The minimum absolute atomic E-state index is 1.06. The highest BCUT2D eigenvalue weighted by Gasteiger charge is 2.07. The van der Waals surface area contributed by atoms with Crippen LogP contribution in [0, 0.1) is 6.92 Å². The van der Waals surface area contributed by atoms with E-state index in [0.29, 0.717) is 0 Å². The maximum Gasteiger partial charge on any atom is 0.0458 e. The first-order valence-electron chi connectivity index (χ1n) is 9.12. The van der Waals surface area contributed by atoms with Crippen LogP contribution >= 0.6 is 0 Å². The Morgan fingerprint density at radius 1 is 0.846 bits per heavy atom. The summed E-state index contributed by atoms with van der Waals surface area (Å²) in [5.41, 5.74) is 7.53. The van der Waals surface area contributed by atoms with Gasteiger partial charge in [0.1, 0.15) is 0 Å². The highest BCUT2D eigenvalue weighted by molar-refractivity contribution is 5.84. The second-order valence-electron chi connectivity index (χ2n) is 6.69. The number of anilines is 2. The second-order valence-corrected chi connectivity index (χ2v) is 6.69. The third kappa shape index (κ3) is 3.62. The average molecular weight is 341 g/mol. The van der Waals surface area contributed by atoms with Gasteiger partial charge in [-0.15, -0.1) is 0 Å². The zero-order valence-corrected chi connectivity index (χ0v) is 15.0. The van der Waals surface area contributed by atoms with Crippen molar-refractivity contribution in [2.24, 2.45) is 0 Å². The monoisotopic (exact) mass is 341 g/mol. The first-order valence-corrected chi connectivity index (χ1v) is 9.12. The van der Waals surface area contributed by atoms with Crippen molar-refractivity contribution >= 4 is 22.3 Å². The van der Waals surface area contributed by atoms with E-state index in [0.717, 1.165) is 30.6 Å². The number of nitrogens with zero attached hydrogens (tertiary/aromatic N) is 1. The van der Waals surface area contributed by atoms with E-state index < -0.39 is 0 Å². The number of para-hydroxylation sites is 1. The number of H-pyrrole nitrogens is 1. The van der Waals surface area contributed by atoms with Crippen LogP contribution in [0.4, 0.5) is 11.4 Å². The molecule has 0 aliphatic carbocycles. The predicted molar refractivity (Wildman–Crippen MR) is 109 cm³/mol. The molecule has 0 radical (unpaired) electrons. The standard InChI is InChI=1S/C23H23N3/c1-17-21(22-6-2-3-8-23(22)25-17)7-4-5-18-9-11-19(12-10-18)26-20-13-15-24-16-14-20/h2-3,6,8-16,25H,4-5,7H2,1H3,(H,24,26). The van der Waals surface area contributed by atoms with Gasteiger partial charge in [-0.1, -0.05) is 30.3 Å².